The van der Waals surface area contributed by atoms with Crippen molar-refractivity contribution in [3.63, 3.8) is 0 Å². The zero-order chi connectivity index (χ0) is 13.3. The second-order valence-electron chi connectivity index (χ2n) is 6.68. The van der Waals surface area contributed by atoms with Gasteiger partial charge in [-0.25, -0.2) is 9.97 Å². The third-order valence-corrected chi connectivity index (χ3v) is 2.38. The third-order valence-electron chi connectivity index (χ3n) is 2.38. The van der Waals surface area contributed by atoms with Crippen LogP contribution in [0.3, 0.4) is 0 Å². The summed E-state index contributed by atoms with van der Waals surface area (Å²) >= 11 is 0. The fourth-order valence-corrected chi connectivity index (χ4v) is 1.42. The number of aryl methyl sites for hydroxylation is 1. The SMILES string of the molecule is Cc1cc(CNC(C)(C)C)nc(C(C)(C)C)n1. The molecule has 1 N–H and O–H groups in total. The van der Waals surface area contributed by atoms with Gasteiger partial charge >= 0.3 is 0 Å². The highest BCUT2D eigenvalue weighted by Gasteiger charge is 2.18. The predicted molar refractivity (Wildman–Crippen MR) is 72.1 cm³/mol. The van der Waals surface area contributed by atoms with E-state index in [9.17, 15) is 0 Å². The lowest BCUT2D eigenvalue weighted by Crippen LogP contribution is -2.35. The van der Waals surface area contributed by atoms with E-state index in [0.717, 1.165) is 23.8 Å². The molecule has 0 saturated carbocycles. The number of rotatable bonds is 2. The number of hydrogen-bond donors (Lipinski definition) is 1. The summed E-state index contributed by atoms with van der Waals surface area (Å²) in [7, 11) is 0. The summed E-state index contributed by atoms with van der Waals surface area (Å²) in [6.07, 6.45) is 0. The summed E-state index contributed by atoms with van der Waals surface area (Å²) < 4.78 is 0. The normalized spacial score (nSPS) is 12.9. The lowest BCUT2D eigenvalue weighted by atomic mass is 9.95. The molecular weight excluding hydrogens is 210 g/mol. The molecule has 0 saturated heterocycles. The molecule has 0 aromatic carbocycles. The first-order valence-corrected chi connectivity index (χ1v) is 6.18. The summed E-state index contributed by atoms with van der Waals surface area (Å²) in [4.78, 5) is 9.14. The zero-order valence-electron chi connectivity index (χ0n) is 12.2. The molecule has 17 heavy (non-hydrogen) atoms. The van der Waals surface area contributed by atoms with Crippen LogP contribution < -0.4 is 5.32 Å². The van der Waals surface area contributed by atoms with E-state index in [1.54, 1.807) is 0 Å². The molecule has 0 fully saturated rings. The van der Waals surface area contributed by atoms with E-state index in [1.807, 2.05) is 13.0 Å². The summed E-state index contributed by atoms with van der Waals surface area (Å²) in [5.41, 5.74) is 2.22. The summed E-state index contributed by atoms with van der Waals surface area (Å²) in [6, 6.07) is 2.05. The van der Waals surface area contributed by atoms with E-state index in [0.29, 0.717) is 0 Å². The Morgan fingerprint density at radius 2 is 1.65 bits per heavy atom. The Morgan fingerprint density at radius 1 is 1.06 bits per heavy atom. The van der Waals surface area contributed by atoms with Gasteiger partial charge in [-0.3, -0.25) is 0 Å². The largest absolute Gasteiger partial charge is 0.306 e. The number of nitrogens with zero attached hydrogens (tertiary/aromatic N) is 2. The lowest BCUT2D eigenvalue weighted by molar-refractivity contribution is 0.419. The molecule has 0 spiro atoms. The van der Waals surface area contributed by atoms with Gasteiger partial charge in [-0.1, -0.05) is 20.8 Å². The number of nitrogens with one attached hydrogen (secondary N) is 1. The molecule has 1 aromatic rings. The Bertz CT molecular complexity index is 383. The van der Waals surface area contributed by atoms with Gasteiger partial charge < -0.3 is 5.32 Å². The van der Waals surface area contributed by atoms with Gasteiger partial charge in [0.1, 0.15) is 5.82 Å². The first kappa shape index (κ1) is 14.1. The molecule has 0 aliphatic rings. The first-order valence-electron chi connectivity index (χ1n) is 6.18. The van der Waals surface area contributed by atoms with Gasteiger partial charge in [0.25, 0.3) is 0 Å². The fourth-order valence-electron chi connectivity index (χ4n) is 1.42. The smallest absolute Gasteiger partial charge is 0.134 e. The van der Waals surface area contributed by atoms with Crippen LogP contribution in [0.2, 0.25) is 0 Å². The fraction of sp³-hybridized carbons (Fsp3) is 0.714. The highest BCUT2D eigenvalue weighted by molar-refractivity contribution is 5.14. The molecule has 1 rings (SSSR count). The molecular formula is C14H25N3. The van der Waals surface area contributed by atoms with E-state index in [-0.39, 0.29) is 11.0 Å². The standard InChI is InChI=1S/C14H25N3/c1-10-8-11(9-15-14(5,6)7)17-12(16-10)13(2,3)4/h8,15H,9H2,1-7H3. The number of hydrogen-bond acceptors (Lipinski definition) is 3. The van der Waals surface area contributed by atoms with Crippen molar-refractivity contribution in [3.8, 4) is 0 Å². The van der Waals surface area contributed by atoms with Gasteiger partial charge in [-0.2, -0.15) is 0 Å². The van der Waals surface area contributed by atoms with Crippen molar-refractivity contribution < 1.29 is 0 Å². The average molecular weight is 235 g/mol. The molecule has 0 bridgehead atoms. The molecule has 0 aliphatic carbocycles. The second-order valence-corrected chi connectivity index (χ2v) is 6.68. The van der Waals surface area contributed by atoms with Gasteiger partial charge in [0.15, 0.2) is 0 Å². The van der Waals surface area contributed by atoms with Crippen LogP contribution in [0.4, 0.5) is 0 Å². The number of aromatic nitrogens is 2. The van der Waals surface area contributed by atoms with Crippen molar-refractivity contribution in [1.29, 1.82) is 0 Å². The van der Waals surface area contributed by atoms with E-state index >= 15 is 0 Å². The molecule has 1 heterocycles. The van der Waals surface area contributed by atoms with Gasteiger partial charge in [-0.05, 0) is 33.8 Å². The molecule has 3 nitrogen and oxygen atoms in total. The quantitative estimate of drug-likeness (QED) is 0.856. The van der Waals surface area contributed by atoms with E-state index < -0.39 is 0 Å². The highest BCUT2D eigenvalue weighted by Crippen LogP contribution is 2.18. The summed E-state index contributed by atoms with van der Waals surface area (Å²) in [6.45, 7) is 15.7. The van der Waals surface area contributed by atoms with Crippen molar-refractivity contribution in [3.05, 3.63) is 23.3 Å². The maximum absolute atomic E-state index is 4.63. The van der Waals surface area contributed by atoms with Crippen LogP contribution >= 0.6 is 0 Å². The second kappa shape index (κ2) is 4.73. The van der Waals surface area contributed by atoms with Crippen LogP contribution in [0.1, 0.15) is 58.8 Å². The van der Waals surface area contributed by atoms with Gasteiger partial charge in [0.2, 0.25) is 0 Å². The van der Waals surface area contributed by atoms with Crippen LogP contribution in [-0.2, 0) is 12.0 Å². The molecule has 0 aliphatic heterocycles. The van der Waals surface area contributed by atoms with Crippen LogP contribution in [0.5, 0.6) is 0 Å². The van der Waals surface area contributed by atoms with Crippen LogP contribution in [-0.4, -0.2) is 15.5 Å². The minimum Gasteiger partial charge on any atom is -0.306 e. The third kappa shape index (κ3) is 4.82. The molecule has 3 heteroatoms. The van der Waals surface area contributed by atoms with Gasteiger partial charge in [-0.15, -0.1) is 0 Å². The van der Waals surface area contributed by atoms with Crippen molar-refractivity contribution in [1.82, 2.24) is 15.3 Å². The van der Waals surface area contributed by atoms with Gasteiger partial charge in [0, 0.05) is 23.2 Å². The Balaban J connectivity index is 2.91. The molecule has 0 atom stereocenters. The Labute approximate surface area is 105 Å². The van der Waals surface area contributed by atoms with Crippen molar-refractivity contribution in [2.45, 2.75) is 66.0 Å². The predicted octanol–water partition coefficient (Wildman–Crippen LogP) is 2.97. The Kier molecular flexibility index (Phi) is 3.92. The molecule has 96 valence electrons. The maximum Gasteiger partial charge on any atom is 0.134 e. The van der Waals surface area contributed by atoms with E-state index in [1.165, 1.54) is 0 Å². The van der Waals surface area contributed by atoms with Crippen molar-refractivity contribution in [2.24, 2.45) is 0 Å². The first-order chi connectivity index (χ1) is 7.58. The molecule has 0 unspecified atom stereocenters. The van der Waals surface area contributed by atoms with E-state index in [2.05, 4.69) is 56.8 Å². The lowest BCUT2D eigenvalue weighted by Gasteiger charge is -2.22. The Morgan fingerprint density at radius 3 is 2.12 bits per heavy atom. The van der Waals surface area contributed by atoms with Crippen LogP contribution in [0, 0.1) is 6.92 Å². The Hall–Kier alpha value is -0.960. The van der Waals surface area contributed by atoms with Crippen LogP contribution in [0.15, 0.2) is 6.07 Å². The van der Waals surface area contributed by atoms with Crippen molar-refractivity contribution >= 4 is 0 Å². The molecule has 1 aromatic heterocycles. The van der Waals surface area contributed by atoms with E-state index in [4.69, 9.17) is 0 Å². The van der Waals surface area contributed by atoms with Crippen molar-refractivity contribution in [2.75, 3.05) is 0 Å². The monoisotopic (exact) mass is 235 g/mol. The highest BCUT2D eigenvalue weighted by atomic mass is 15.0. The zero-order valence-corrected chi connectivity index (χ0v) is 12.2. The minimum atomic E-state index is 0.00248. The average Bonchev–Trinajstić information content (AvgIpc) is 2.11. The van der Waals surface area contributed by atoms with Gasteiger partial charge in [0.05, 0.1) is 5.69 Å². The maximum atomic E-state index is 4.63. The topological polar surface area (TPSA) is 37.8 Å². The van der Waals surface area contributed by atoms with Crippen LogP contribution in [0.25, 0.3) is 0 Å². The minimum absolute atomic E-state index is 0.00248. The molecule has 0 amide bonds. The summed E-state index contributed by atoms with van der Waals surface area (Å²) in [5.74, 6) is 0.920. The summed E-state index contributed by atoms with van der Waals surface area (Å²) in [5, 5.41) is 3.45. The molecule has 0 radical (unpaired) electrons.